The van der Waals surface area contributed by atoms with E-state index in [1.807, 2.05) is 47.4 Å². The predicted molar refractivity (Wildman–Crippen MR) is 95.3 cm³/mol. The van der Waals surface area contributed by atoms with Gasteiger partial charge in [0.05, 0.1) is 11.9 Å². The SMILES string of the molecule is I.NC(=NCCc1cnn(-c2ccccc2)c1)NC1CC1. The van der Waals surface area contributed by atoms with E-state index in [0.717, 1.165) is 17.7 Å². The number of para-hydroxylation sites is 1. The highest BCUT2D eigenvalue weighted by Crippen LogP contribution is 2.18. The zero-order valence-corrected chi connectivity index (χ0v) is 14.1. The van der Waals surface area contributed by atoms with Gasteiger partial charge in [-0.05, 0) is 37.0 Å². The van der Waals surface area contributed by atoms with Crippen molar-refractivity contribution in [2.45, 2.75) is 25.3 Å². The summed E-state index contributed by atoms with van der Waals surface area (Å²) in [5, 5.41) is 7.54. The molecule has 0 aliphatic heterocycles. The molecule has 3 N–H and O–H groups in total. The summed E-state index contributed by atoms with van der Waals surface area (Å²) < 4.78 is 1.88. The Morgan fingerprint density at radius 2 is 2.10 bits per heavy atom. The van der Waals surface area contributed by atoms with Crippen LogP contribution in [0.1, 0.15) is 18.4 Å². The van der Waals surface area contributed by atoms with Gasteiger partial charge in [-0.3, -0.25) is 4.99 Å². The van der Waals surface area contributed by atoms with Gasteiger partial charge < -0.3 is 11.1 Å². The number of guanidine groups is 1. The molecule has 5 nitrogen and oxygen atoms in total. The molecular weight excluding hydrogens is 377 g/mol. The number of benzene rings is 1. The Hall–Kier alpha value is -1.57. The number of hydrogen-bond acceptors (Lipinski definition) is 2. The maximum atomic E-state index is 5.79. The zero-order chi connectivity index (χ0) is 13.8. The standard InChI is InChI=1S/C15H19N5.HI/c16-15(19-13-6-7-13)17-9-8-12-10-18-20(11-12)14-4-2-1-3-5-14;/h1-5,10-11,13H,6-9H2,(H3,16,17,19);1H. The first-order valence-corrected chi connectivity index (χ1v) is 6.97. The smallest absolute Gasteiger partial charge is 0.188 e. The van der Waals surface area contributed by atoms with Gasteiger partial charge in [-0.25, -0.2) is 4.68 Å². The molecule has 0 atom stereocenters. The van der Waals surface area contributed by atoms with Gasteiger partial charge in [0.25, 0.3) is 0 Å². The molecule has 1 heterocycles. The highest BCUT2D eigenvalue weighted by Gasteiger charge is 2.21. The van der Waals surface area contributed by atoms with Gasteiger partial charge in [0.1, 0.15) is 0 Å². The van der Waals surface area contributed by atoms with E-state index in [9.17, 15) is 0 Å². The minimum atomic E-state index is 0. The topological polar surface area (TPSA) is 68.2 Å². The summed E-state index contributed by atoms with van der Waals surface area (Å²) in [5.41, 5.74) is 8.02. The van der Waals surface area contributed by atoms with Crippen molar-refractivity contribution in [3.05, 3.63) is 48.3 Å². The van der Waals surface area contributed by atoms with Crippen LogP contribution in [0.4, 0.5) is 0 Å². The minimum Gasteiger partial charge on any atom is -0.370 e. The monoisotopic (exact) mass is 397 g/mol. The fourth-order valence-electron chi connectivity index (χ4n) is 2.00. The summed E-state index contributed by atoms with van der Waals surface area (Å²) in [4.78, 5) is 4.33. The van der Waals surface area contributed by atoms with Crippen LogP contribution >= 0.6 is 24.0 Å². The van der Waals surface area contributed by atoms with Gasteiger partial charge in [-0.15, -0.1) is 24.0 Å². The lowest BCUT2D eigenvalue weighted by Gasteiger charge is -2.02. The molecule has 1 aliphatic carbocycles. The van der Waals surface area contributed by atoms with E-state index in [1.165, 1.54) is 12.8 Å². The van der Waals surface area contributed by atoms with Crippen LogP contribution in [0.3, 0.4) is 0 Å². The molecule has 1 fully saturated rings. The quantitative estimate of drug-likeness (QED) is 0.461. The molecule has 3 rings (SSSR count). The number of rotatable bonds is 5. The third-order valence-corrected chi connectivity index (χ3v) is 3.27. The van der Waals surface area contributed by atoms with Crippen LogP contribution in [-0.2, 0) is 6.42 Å². The van der Waals surface area contributed by atoms with Crippen molar-refractivity contribution in [2.75, 3.05) is 6.54 Å². The number of nitrogens with zero attached hydrogens (tertiary/aromatic N) is 3. The van der Waals surface area contributed by atoms with Gasteiger partial charge in [0.2, 0.25) is 0 Å². The maximum Gasteiger partial charge on any atom is 0.188 e. The first-order chi connectivity index (χ1) is 9.81. The van der Waals surface area contributed by atoms with E-state index >= 15 is 0 Å². The van der Waals surface area contributed by atoms with Crippen LogP contribution in [0.15, 0.2) is 47.7 Å². The lowest BCUT2D eigenvalue weighted by Crippen LogP contribution is -2.33. The number of aromatic nitrogens is 2. The Balaban J connectivity index is 0.00000161. The first-order valence-electron chi connectivity index (χ1n) is 6.97. The highest BCUT2D eigenvalue weighted by atomic mass is 127. The molecule has 0 unspecified atom stereocenters. The van der Waals surface area contributed by atoms with Crippen molar-refractivity contribution in [2.24, 2.45) is 10.7 Å². The number of nitrogens with one attached hydrogen (secondary N) is 1. The van der Waals surface area contributed by atoms with Crippen LogP contribution in [0.2, 0.25) is 0 Å². The van der Waals surface area contributed by atoms with Crippen LogP contribution in [0, 0.1) is 0 Å². The molecule has 21 heavy (non-hydrogen) atoms. The van der Waals surface area contributed by atoms with E-state index in [-0.39, 0.29) is 24.0 Å². The second kappa shape index (κ2) is 7.44. The first kappa shape index (κ1) is 15.8. The van der Waals surface area contributed by atoms with E-state index < -0.39 is 0 Å². The minimum absolute atomic E-state index is 0. The molecule has 1 saturated carbocycles. The molecule has 1 aromatic heterocycles. The summed E-state index contributed by atoms with van der Waals surface area (Å²) >= 11 is 0. The Morgan fingerprint density at radius 1 is 1.33 bits per heavy atom. The van der Waals surface area contributed by atoms with Crippen molar-refractivity contribution < 1.29 is 0 Å². The fourth-order valence-corrected chi connectivity index (χ4v) is 2.00. The van der Waals surface area contributed by atoms with E-state index in [1.54, 1.807) is 0 Å². The molecule has 1 aliphatic rings. The fraction of sp³-hybridized carbons (Fsp3) is 0.333. The molecule has 112 valence electrons. The summed E-state index contributed by atoms with van der Waals surface area (Å²) in [6.45, 7) is 0.687. The van der Waals surface area contributed by atoms with Crippen LogP contribution in [0.5, 0.6) is 0 Å². The summed E-state index contributed by atoms with van der Waals surface area (Å²) in [7, 11) is 0. The third kappa shape index (κ3) is 4.73. The summed E-state index contributed by atoms with van der Waals surface area (Å²) in [5.74, 6) is 0.558. The Labute approximate surface area is 141 Å². The van der Waals surface area contributed by atoms with Gasteiger partial charge in [-0.1, -0.05) is 18.2 Å². The van der Waals surface area contributed by atoms with Gasteiger partial charge in [-0.2, -0.15) is 5.10 Å². The molecular formula is C15H20IN5. The van der Waals surface area contributed by atoms with Crippen molar-refractivity contribution in [3.8, 4) is 5.69 Å². The molecule has 0 radical (unpaired) electrons. The largest absolute Gasteiger partial charge is 0.370 e. The van der Waals surface area contributed by atoms with Gasteiger partial charge in [0, 0.05) is 18.8 Å². The second-order valence-electron chi connectivity index (χ2n) is 5.06. The van der Waals surface area contributed by atoms with Gasteiger partial charge in [0.15, 0.2) is 5.96 Å². The third-order valence-electron chi connectivity index (χ3n) is 3.27. The predicted octanol–water partition coefficient (Wildman–Crippen LogP) is 2.10. The molecule has 0 saturated heterocycles. The van der Waals surface area contributed by atoms with Crippen molar-refractivity contribution in [1.82, 2.24) is 15.1 Å². The van der Waals surface area contributed by atoms with Gasteiger partial charge >= 0.3 is 0 Å². The van der Waals surface area contributed by atoms with Crippen molar-refractivity contribution >= 4 is 29.9 Å². The van der Waals surface area contributed by atoms with Crippen molar-refractivity contribution in [3.63, 3.8) is 0 Å². The van der Waals surface area contributed by atoms with E-state index in [4.69, 9.17) is 5.73 Å². The second-order valence-corrected chi connectivity index (χ2v) is 5.06. The van der Waals surface area contributed by atoms with Crippen LogP contribution < -0.4 is 11.1 Å². The molecule has 0 spiro atoms. The Bertz CT molecular complexity index is 589. The average molecular weight is 397 g/mol. The van der Waals surface area contributed by atoms with Crippen LogP contribution in [-0.4, -0.2) is 28.3 Å². The number of aliphatic imine (C=N–C) groups is 1. The highest BCUT2D eigenvalue weighted by molar-refractivity contribution is 14.0. The summed E-state index contributed by atoms with van der Waals surface area (Å²) in [6.07, 6.45) is 7.18. The lowest BCUT2D eigenvalue weighted by atomic mass is 10.2. The number of hydrogen-bond donors (Lipinski definition) is 2. The molecule has 0 amide bonds. The lowest BCUT2D eigenvalue weighted by molar-refractivity contribution is 0.868. The average Bonchev–Trinajstić information content (AvgIpc) is 3.15. The maximum absolute atomic E-state index is 5.79. The number of halogens is 1. The van der Waals surface area contributed by atoms with Crippen molar-refractivity contribution in [1.29, 1.82) is 0 Å². The Kier molecular flexibility index (Phi) is 5.60. The number of nitrogens with two attached hydrogens (primary N) is 1. The molecule has 6 heteroatoms. The zero-order valence-electron chi connectivity index (χ0n) is 11.8. The van der Waals surface area contributed by atoms with Crippen LogP contribution in [0.25, 0.3) is 5.69 Å². The van der Waals surface area contributed by atoms with E-state index in [0.29, 0.717) is 18.5 Å². The molecule has 1 aromatic carbocycles. The Morgan fingerprint density at radius 3 is 2.81 bits per heavy atom. The summed E-state index contributed by atoms with van der Waals surface area (Å²) in [6, 6.07) is 10.6. The normalized spacial score (nSPS) is 14.6. The van der Waals surface area contributed by atoms with E-state index in [2.05, 4.69) is 15.4 Å². The molecule has 0 bridgehead atoms. The molecule has 2 aromatic rings.